The van der Waals surface area contributed by atoms with Crippen LogP contribution in [0.15, 0.2) is 53.3 Å². The average Bonchev–Trinajstić information content (AvgIpc) is 3.72. The van der Waals surface area contributed by atoms with Gasteiger partial charge in [0.2, 0.25) is 0 Å². The van der Waals surface area contributed by atoms with Crippen LogP contribution < -0.4 is 10.5 Å². The van der Waals surface area contributed by atoms with E-state index in [1.807, 2.05) is 41.9 Å². The van der Waals surface area contributed by atoms with Gasteiger partial charge in [0.05, 0.1) is 28.4 Å². The molecule has 0 saturated carbocycles. The number of aromatic amines is 1. The Labute approximate surface area is 229 Å². The number of pyridine rings is 1. The van der Waals surface area contributed by atoms with Crippen LogP contribution in [0, 0.1) is 6.92 Å². The highest BCUT2D eigenvalue weighted by Crippen LogP contribution is 2.32. The number of thiazole rings is 1. The molecule has 7 rings (SSSR count). The number of fused-ring (bicyclic) bond motifs is 2. The van der Waals surface area contributed by atoms with Crippen LogP contribution in [0.1, 0.15) is 35.8 Å². The Morgan fingerprint density at radius 2 is 2.00 bits per heavy atom. The van der Waals surface area contributed by atoms with Gasteiger partial charge in [-0.3, -0.25) is 9.69 Å². The van der Waals surface area contributed by atoms with E-state index in [0.29, 0.717) is 17.9 Å². The van der Waals surface area contributed by atoms with E-state index in [1.165, 1.54) is 4.70 Å². The predicted octanol–water partition coefficient (Wildman–Crippen LogP) is 3.52. The molecule has 1 N–H and O–H groups in total. The molecule has 200 valence electrons. The van der Waals surface area contributed by atoms with Gasteiger partial charge in [-0.15, -0.1) is 5.10 Å². The third-order valence-electron chi connectivity index (χ3n) is 7.85. The number of nitrogens with one attached hydrogen (secondary N) is 1. The molecule has 2 atom stereocenters. The lowest BCUT2D eigenvalue weighted by Crippen LogP contribution is -2.49. The SMILES string of the molecule is Cc1cccc2cc([C@H](c3nnnn3C[C@H]3CCCO3)N3CCN(c4nc5ccccc5s4)CC3)c(=O)[nH]c12. The van der Waals surface area contributed by atoms with Gasteiger partial charge in [0.25, 0.3) is 5.56 Å². The van der Waals surface area contributed by atoms with Crippen molar-refractivity contribution in [2.75, 3.05) is 37.7 Å². The Hall–Kier alpha value is -3.67. The summed E-state index contributed by atoms with van der Waals surface area (Å²) < 4.78 is 8.91. The quantitative estimate of drug-likeness (QED) is 0.348. The Kier molecular flexibility index (Phi) is 6.34. The van der Waals surface area contributed by atoms with Crippen LogP contribution in [0.5, 0.6) is 0 Å². The van der Waals surface area contributed by atoms with Crippen LogP contribution in [0.3, 0.4) is 0 Å². The Bertz CT molecular complexity index is 1650. The summed E-state index contributed by atoms with van der Waals surface area (Å²) in [5.74, 6) is 0.677. The third-order valence-corrected chi connectivity index (χ3v) is 8.95. The molecule has 2 aromatic carbocycles. The van der Waals surface area contributed by atoms with Crippen molar-refractivity contribution in [1.82, 2.24) is 35.1 Å². The highest BCUT2D eigenvalue weighted by atomic mass is 32.1. The van der Waals surface area contributed by atoms with Crippen LogP contribution in [-0.2, 0) is 11.3 Å². The fraction of sp³-hybridized carbons (Fsp3) is 0.393. The van der Waals surface area contributed by atoms with Gasteiger partial charge in [0, 0.05) is 38.3 Å². The monoisotopic (exact) mass is 542 g/mol. The molecule has 0 bridgehead atoms. The summed E-state index contributed by atoms with van der Waals surface area (Å²) in [6, 6.07) is 16.0. The van der Waals surface area contributed by atoms with Crippen molar-refractivity contribution in [3.63, 3.8) is 0 Å². The number of aromatic nitrogens is 6. The molecular formula is C28H30N8O2S. The van der Waals surface area contributed by atoms with E-state index in [4.69, 9.17) is 9.72 Å². The number of hydrogen-bond acceptors (Lipinski definition) is 9. The van der Waals surface area contributed by atoms with Crippen LogP contribution in [-0.4, -0.2) is 74.0 Å². The number of benzene rings is 2. The van der Waals surface area contributed by atoms with Crippen molar-refractivity contribution < 1.29 is 4.74 Å². The number of aryl methyl sites for hydroxylation is 1. The fourth-order valence-electron chi connectivity index (χ4n) is 5.79. The van der Waals surface area contributed by atoms with E-state index in [0.717, 1.165) is 72.7 Å². The third kappa shape index (κ3) is 4.60. The number of tetrazole rings is 1. The van der Waals surface area contributed by atoms with Crippen molar-refractivity contribution in [2.45, 2.75) is 38.5 Å². The fourth-order valence-corrected chi connectivity index (χ4v) is 6.81. The van der Waals surface area contributed by atoms with Crippen LogP contribution in [0.25, 0.3) is 21.1 Å². The summed E-state index contributed by atoms with van der Waals surface area (Å²) in [6.45, 7) is 6.46. The topological polar surface area (TPSA) is 105 Å². The molecule has 2 aliphatic heterocycles. The number of rotatable bonds is 6. The standard InChI is InChI=1S/C28H30N8O2S/c1-18-6-4-7-19-16-21(27(37)30-24(18)19)25(26-31-32-33-36(26)17-20-8-5-15-38-20)34-11-13-35(14-12-34)28-29-22-9-2-3-10-23(22)39-28/h2-4,6-7,9-10,16,20,25H,5,8,11-15,17H2,1H3,(H,30,37)/t20-,25-/m1/s1. The summed E-state index contributed by atoms with van der Waals surface area (Å²) in [5, 5.41) is 14.9. The van der Waals surface area contributed by atoms with Crippen molar-refractivity contribution >= 4 is 37.6 Å². The summed E-state index contributed by atoms with van der Waals surface area (Å²) in [7, 11) is 0. The molecule has 0 unspecified atom stereocenters. The predicted molar refractivity (Wildman–Crippen MR) is 151 cm³/mol. The normalized spacial score (nSPS) is 19.3. The highest BCUT2D eigenvalue weighted by molar-refractivity contribution is 7.22. The first kappa shape index (κ1) is 24.4. The van der Waals surface area contributed by atoms with Gasteiger partial charge >= 0.3 is 0 Å². The van der Waals surface area contributed by atoms with Gasteiger partial charge in [-0.2, -0.15) is 0 Å². The maximum absolute atomic E-state index is 13.6. The van der Waals surface area contributed by atoms with Crippen molar-refractivity contribution in [2.24, 2.45) is 0 Å². The molecule has 5 heterocycles. The first-order chi connectivity index (χ1) is 19.1. The molecule has 0 amide bonds. The Morgan fingerprint density at radius 3 is 2.82 bits per heavy atom. The second-order valence-corrected chi connectivity index (χ2v) is 11.3. The highest BCUT2D eigenvalue weighted by Gasteiger charge is 2.34. The molecule has 5 aromatic rings. The van der Waals surface area contributed by atoms with Crippen molar-refractivity contribution in [3.05, 3.63) is 75.8 Å². The number of H-pyrrole nitrogens is 1. The van der Waals surface area contributed by atoms with E-state index in [-0.39, 0.29) is 17.7 Å². The van der Waals surface area contributed by atoms with E-state index >= 15 is 0 Å². The summed E-state index contributed by atoms with van der Waals surface area (Å²) in [6.07, 6.45) is 2.12. The number of ether oxygens (including phenoxy) is 1. The summed E-state index contributed by atoms with van der Waals surface area (Å²) in [5.41, 5.74) is 3.49. The number of hydrogen-bond donors (Lipinski definition) is 1. The van der Waals surface area contributed by atoms with Crippen LogP contribution >= 0.6 is 11.3 Å². The van der Waals surface area contributed by atoms with Crippen molar-refractivity contribution in [1.29, 1.82) is 0 Å². The molecule has 2 saturated heterocycles. The zero-order valence-corrected chi connectivity index (χ0v) is 22.6. The molecule has 2 aliphatic rings. The minimum absolute atomic E-state index is 0.0846. The lowest BCUT2D eigenvalue weighted by Gasteiger charge is -2.38. The summed E-state index contributed by atoms with van der Waals surface area (Å²) >= 11 is 1.72. The molecule has 2 fully saturated rings. The molecule has 10 nitrogen and oxygen atoms in total. The van der Waals surface area contributed by atoms with Gasteiger partial charge in [-0.25, -0.2) is 9.67 Å². The molecule has 11 heteroatoms. The first-order valence-corrected chi connectivity index (χ1v) is 14.3. The number of nitrogens with zero attached hydrogens (tertiary/aromatic N) is 7. The zero-order chi connectivity index (χ0) is 26.3. The van der Waals surface area contributed by atoms with E-state index in [2.05, 4.69) is 48.5 Å². The smallest absolute Gasteiger partial charge is 0.253 e. The molecular weight excluding hydrogens is 512 g/mol. The molecule has 3 aromatic heterocycles. The average molecular weight is 543 g/mol. The number of piperazine rings is 1. The van der Waals surface area contributed by atoms with Crippen LogP contribution in [0.4, 0.5) is 5.13 Å². The van der Waals surface area contributed by atoms with E-state index < -0.39 is 0 Å². The van der Waals surface area contributed by atoms with Gasteiger partial charge in [-0.1, -0.05) is 41.7 Å². The first-order valence-electron chi connectivity index (χ1n) is 13.5. The molecule has 39 heavy (non-hydrogen) atoms. The minimum atomic E-state index is -0.382. The van der Waals surface area contributed by atoms with E-state index in [9.17, 15) is 4.79 Å². The number of para-hydroxylation sites is 2. The Morgan fingerprint density at radius 1 is 1.13 bits per heavy atom. The maximum atomic E-state index is 13.6. The molecule has 0 aliphatic carbocycles. The number of anilines is 1. The van der Waals surface area contributed by atoms with Gasteiger partial charge in [0.15, 0.2) is 11.0 Å². The molecule has 0 spiro atoms. The zero-order valence-electron chi connectivity index (χ0n) is 21.8. The largest absolute Gasteiger partial charge is 0.376 e. The van der Waals surface area contributed by atoms with Gasteiger partial charge in [0.1, 0.15) is 6.04 Å². The lowest BCUT2D eigenvalue weighted by atomic mass is 10.0. The lowest BCUT2D eigenvalue weighted by molar-refractivity contribution is 0.0906. The molecule has 0 radical (unpaired) electrons. The van der Waals surface area contributed by atoms with Crippen LogP contribution in [0.2, 0.25) is 0 Å². The second-order valence-electron chi connectivity index (χ2n) is 10.3. The Balaban J connectivity index is 1.24. The summed E-state index contributed by atoms with van der Waals surface area (Å²) in [4.78, 5) is 26.3. The van der Waals surface area contributed by atoms with Gasteiger partial charge < -0.3 is 14.6 Å². The maximum Gasteiger partial charge on any atom is 0.253 e. The minimum Gasteiger partial charge on any atom is -0.376 e. The second kappa shape index (κ2) is 10.1. The van der Waals surface area contributed by atoms with Gasteiger partial charge in [-0.05, 0) is 59.3 Å². The van der Waals surface area contributed by atoms with E-state index in [1.54, 1.807) is 11.3 Å². The van der Waals surface area contributed by atoms with Crippen molar-refractivity contribution in [3.8, 4) is 0 Å².